The van der Waals surface area contributed by atoms with E-state index in [4.69, 9.17) is 14.4 Å². The van der Waals surface area contributed by atoms with Gasteiger partial charge in [-0.15, -0.1) is 0 Å². The molecule has 1 unspecified atom stereocenters. The minimum absolute atomic E-state index is 0.586. The van der Waals surface area contributed by atoms with Gasteiger partial charge in [-0.05, 0) is 80.9 Å². The Morgan fingerprint density at radius 1 is 0.509 bits per heavy atom. The Morgan fingerprint density at radius 2 is 1.28 bits per heavy atom. The number of fused-ring (bicyclic) bond motifs is 16. The van der Waals surface area contributed by atoms with E-state index < -0.39 is 5.41 Å². The fourth-order valence-electron chi connectivity index (χ4n) is 9.36. The number of benzene rings is 6. The molecule has 2 aliphatic carbocycles. The topological polar surface area (TPSA) is 43.9 Å². The summed E-state index contributed by atoms with van der Waals surface area (Å²) in [6.07, 6.45) is 8.42. The molecule has 4 aromatic heterocycles. The van der Waals surface area contributed by atoms with Crippen molar-refractivity contribution in [3.8, 4) is 28.1 Å². The van der Waals surface area contributed by atoms with Gasteiger partial charge in [0, 0.05) is 45.1 Å². The molecule has 0 aliphatic heterocycles. The molecule has 1 spiro atoms. The van der Waals surface area contributed by atoms with Gasteiger partial charge in [0.2, 0.25) is 0 Å². The van der Waals surface area contributed by atoms with Gasteiger partial charge >= 0.3 is 0 Å². The molecule has 0 fully saturated rings. The van der Waals surface area contributed by atoms with Crippen LogP contribution in [0.4, 0.5) is 0 Å². The second-order valence-corrected chi connectivity index (χ2v) is 14.1. The molecule has 6 aromatic carbocycles. The lowest BCUT2D eigenvalue weighted by Gasteiger charge is -2.35. The van der Waals surface area contributed by atoms with Crippen LogP contribution in [-0.2, 0) is 5.41 Å². The van der Waals surface area contributed by atoms with Gasteiger partial charge in [-0.3, -0.25) is 4.57 Å². The molecule has 4 heteroatoms. The number of pyridine rings is 2. The van der Waals surface area contributed by atoms with Crippen LogP contribution in [0.2, 0.25) is 0 Å². The summed E-state index contributed by atoms with van der Waals surface area (Å²) in [6, 6.07) is 54.6. The van der Waals surface area contributed by atoms with Gasteiger partial charge in [0.05, 0.1) is 10.9 Å². The minimum Gasteiger partial charge on any atom is -0.455 e. The molecule has 4 heterocycles. The van der Waals surface area contributed by atoms with E-state index >= 15 is 0 Å². The maximum atomic E-state index is 6.77. The Hall–Kier alpha value is -7.04. The van der Waals surface area contributed by atoms with Crippen molar-refractivity contribution < 1.29 is 4.42 Å². The Kier molecular flexibility index (Phi) is 5.67. The standard InChI is InChI=1S/C49H29N3O/c1-5-15-39-30(11-1)20-21-31-22-23-32(33-27-38-34-12-3-7-17-43(34)52(48(38)51-29-33)45-19-9-10-26-50-45)28-42(31)49(39)40-16-6-2-14-37(40)46-41(49)25-24-36-35-13-4-8-18-44(35)53-47(36)46/h1-29H. The number of nitrogens with zero attached hydrogens (tertiary/aromatic N) is 3. The molecule has 0 N–H and O–H groups in total. The van der Waals surface area contributed by atoms with Crippen molar-refractivity contribution in [2.24, 2.45) is 0 Å². The minimum atomic E-state index is -0.586. The summed E-state index contributed by atoms with van der Waals surface area (Å²) in [4.78, 5) is 9.85. The number of hydrogen-bond acceptors (Lipinski definition) is 3. The maximum absolute atomic E-state index is 6.77. The molecule has 0 saturated heterocycles. The molecule has 0 bridgehead atoms. The second-order valence-electron chi connectivity index (χ2n) is 14.1. The van der Waals surface area contributed by atoms with E-state index in [-0.39, 0.29) is 0 Å². The van der Waals surface area contributed by atoms with Crippen molar-refractivity contribution in [2.45, 2.75) is 5.41 Å². The smallest absolute Gasteiger partial charge is 0.146 e. The van der Waals surface area contributed by atoms with E-state index in [9.17, 15) is 0 Å². The van der Waals surface area contributed by atoms with Crippen LogP contribution in [0.5, 0.6) is 0 Å². The molecule has 0 saturated carbocycles. The third-order valence-electron chi connectivity index (χ3n) is 11.5. The Bertz CT molecular complexity index is 3180. The third kappa shape index (κ3) is 3.74. The molecule has 0 amide bonds. The van der Waals surface area contributed by atoms with Crippen LogP contribution in [0.1, 0.15) is 33.4 Å². The highest BCUT2D eigenvalue weighted by Gasteiger charge is 2.49. The van der Waals surface area contributed by atoms with Gasteiger partial charge in [-0.2, -0.15) is 0 Å². The van der Waals surface area contributed by atoms with Crippen molar-refractivity contribution in [3.63, 3.8) is 0 Å². The SMILES string of the molecule is C1=Cc2ccc(-c3cnc4c(c3)c3ccccc3n4-c3ccccn3)cc2C2(c3ccccc31)c1ccccc1-c1c2ccc2c1oc1ccccc12. The van der Waals surface area contributed by atoms with Gasteiger partial charge in [0.1, 0.15) is 22.6 Å². The van der Waals surface area contributed by atoms with E-state index in [0.29, 0.717) is 0 Å². The van der Waals surface area contributed by atoms with Gasteiger partial charge in [0.25, 0.3) is 0 Å². The summed E-state index contributed by atoms with van der Waals surface area (Å²) in [6.45, 7) is 0. The molecule has 4 nitrogen and oxygen atoms in total. The van der Waals surface area contributed by atoms with E-state index in [0.717, 1.165) is 60.8 Å². The lowest BCUT2D eigenvalue weighted by Crippen LogP contribution is -2.30. The van der Waals surface area contributed by atoms with Crippen LogP contribution >= 0.6 is 0 Å². The zero-order valence-electron chi connectivity index (χ0n) is 28.5. The summed E-state index contributed by atoms with van der Waals surface area (Å²) in [7, 11) is 0. The fourth-order valence-corrected chi connectivity index (χ4v) is 9.36. The average molecular weight is 676 g/mol. The molecular weight excluding hydrogens is 647 g/mol. The highest BCUT2D eigenvalue weighted by molar-refractivity contribution is 6.13. The van der Waals surface area contributed by atoms with Crippen LogP contribution in [-0.4, -0.2) is 14.5 Å². The Morgan fingerprint density at radius 3 is 2.19 bits per heavy atom. The number of para-hydroxylation sites is 2. The predicted octanol–water partition coefficient (Wildman–Crippen LogP) is 12.0. The van der Waals surface area contributed by atoms with Crippen molar-refractivity contribution in [1.82, 2.24) is 14.5 Å². The first kappa shape index (κ1) is 28.6. The van der Waals surface area contributed by atoms with Gasteiger partial charge in [0.15, 0.2) is 0 Å². The summed E-state index contributed by atoms with van der Waals surface area (Å²) >= 11 is 0. The highest BCUT2D eigenvalue weighted by Crippen LogP contribution is 2.60. The molecule has 0 radical (unpaired) electrons. The van der Waals surface area contributed by atoms with Crippen LogP contribution in [0.15, 0.2) is 168 Å². The number of hydrogen-bond donors (Lipinski definition) is 0. The molecule has 2 aliphatic rings. The van der Waals surface area contributed by atoms with Gasteiger partial charge in [-0.1, -0.05) is 127 Å². The quantitative estimate of drug-likeness (QED) is 0.183. The van der Waals surface area contributed by atoms with E-state index in [1.54, 1.807) is 0 Å². The van der Waals surface area contributed by atoms with Crippen LogP contribution in [0.25, 0.3) is 84.1 Å². The number of furan rings is 1. The van der Waals surface area contributed by atoms with Crippen LogP contribution in [0, 0.1) is 0 Å². The lowest BCUT2D eigenvalue weighted by molar-refractivity contribution is 0.669. The van der Waals surface area contributed by atoms with Gasteiger partial charge in [-0.25, -0.2) is 9.97 Å². The second kappa shape index (κ2) is 10.5. The zero-order valence-corrected chi connectivity index (χ0v) is 28.5. The predicted molar refractivity (Wildman–Crippen MR) is 215 cm³/mol. The molecule has 1 atom stereocenters. The summed E-state index contributed by atoms with van der Waals surface area (Å²) in [5.74, 6) is 0.855. The van der Waals surface area contributed by atoms with E-state index in [2.05, 4.69) is 144 Å². The molecule has 12 rings (SSSR count). The van der Waals surface area contributed by atoms with Crippen molar-refractivity contribution in [1.29, 1.82) is 0 Å². The first-order valence-corrected chi connectivity index (χ1v) is 18.1. The molecule has 53 heavy (non-hydrogen) atoms. The Labute approximate surface area is 304 Å². The molecule has 10 aromatic rings. The van der Waals surface area contributed by atoms with Crippen LogP contribution < -0.4 is 0 Å². The lowest BCUT2D eigenvalue weighted by atomic mass is 9.65. The molecular formula is C49H29N3O. The van der Waals surface area contributed by atoms with Crippen molar-refractivity contribution in [2.75, 3.05) is 0 Å². The largest absolute Gasteiger partial charge is 0.455 e. The molecule has 246 valence electrons. The van der Waals surface area contributed by atoms with Crippen molar-refractivity contribution in [3.05, 3.63) is 197 Å². The number of rotatable bonds is 2. The normalized spacial score (nSPS) is 15.5. The summed E-state index contributed by atoms with van der Waals surface area (Å²) in [5.41, 5.74) is 15.2. The summed E-state index contributed by atoms with van der Waals surface area (Å²) < 4.78 is 8.93. The van der Waals surface area contributed by atoms with Crippen LogP contribution in [0.3, 0.4) is 0 Å². The first-order valence-electron chi connectivity index (χ1n) is 18.1. The summed E-state index contributed by atoms with van der Waals surface area (Å²) in [5, 5.41) is 4.53. The third-order valence-corrected chi connectivity index (χ3v) is 11.5. The number of aromatic nitrogens is 3. The maximum Gasteiger partial charge on any atom is 0.146 e. The monoisotopic (exact) mass is 675 g/mol. The van der Waals surface area contributed by atoms with Crippen molar-refractivity contribution >= 4 is 56.0 Å². The Balaban J connectivity index is 1.15. The van der Waals surface area contributed by atoms with E-state index in [1.165, 1.54) is 44.5 Å². The first-order chi connectivity index (χ1) is 26.3. The zero-order chi connectivity index (χ0) is 34.7. The van der Waals surface area contributed by atoms with E-state index in [1.807, 2.05) is 36.7 Å². The van der Waals surface area contributed by atoms with Gasteiger partial charge < -0.3 is 4.42 Å². The average Bonchev–Trinajstić information content (AvgIpc) is 3.83. The fraction of sp³-hybridized carbons (Fsp3) is 0.0204. The highest BCUT2D eigenvalue weighted by atomic mass is 16.3.